The van der Waals surface area contributed by atoms with E-state index in [0.717, 1.165) is 0 Å². The maximum Gasteiger partial charge on any atom is 0.445 e. The second kappa shape index (κ2) is 5.79. The van der Waals surface area contributed by atoms with Crippen molar-refractivity contribution in [2.24, 2.45) is 0 Å². The highest BCUT2D eigenvalue weighted by Gasteiger charge is 2.39. The van der Waals surface area contributed by atoms with Gasteiger partial charge in [-0.05, 0) is 16.8 Å². The molecule has 0 aliphatic heterocycles. The van der Waals surface area contributed by atoms with Gasteiger partial charge in [-0.15, -0.1) is 0 Å². The van der Waals surface area contributed by atoms with E-state index in [2.05, 4.69) is 9.79 Å². The Morgan fingerprint density at radius 3 is 2.67 bits per heavy atom. The van der Waals surface area contributed by atoms with Gasteiger partial charge in [-0.3, -0.25) is 0 Å². The number of rotatable bonds is 6. The number of carboxylic acid groups (broad SMARTS) is 1. The molecule has 21 heavy (non-hydrogen) atoms. The number of ether oxygens (including phenoxy) is 1. The summed E-state index contributed by atoms with van der Waals surface area (Å²) in [6.07, 6.45) is -0.469. The highest BCUT2D eigenvalue weighted by atomic mass is 32.2. The molecule has 2 rings (SSSR count). The van der Waals surface area contributed by atoms with E-state index in [9.17, 15) is 23.5 Å². The van der Waals surface area contributed by atoms with Crippen molar-refractivity contribution in [3.8, 4) is 5.88 Å². The number of carboxylic acids is 1. The average Bonchev–Trinajstić information content (AvgIpc) is 2.81. The number of nitrogens with zero attached hydrogens (tertiary/aromatic N) is 2. The predicted molar refractivity (Wildman–Crippen MR) is 60.9 cm³/mol. The average molecular weight is 314 g/mol. The fraction of sp³-hybridized carbons (Fsp3) is 0.182. The fourth-order valence-corrected chi connectivity index (χ4v) is 2.79. The van der Waals surface area contributed by atoms with E-state index in [1.54, 1.807) is 6.07 Å². The zero-order valence-electron chi connectivity index (χ0n) is 10.5. The van der Waals surface area contributed by atoms with Crippen molar-refractivity contribution >= 4 is 15.8 Å². The Balaban J connectivity index is 2.35. The van der Waals surface area contributed by atoms with Crippen LogP contribution in [0.25, 0.3) is 0 Å². The van der Waals surface area contributed by atoms with Gasteiger partial charge in [0, 0.05) is 12.4 Å². The van der Waals surface area contributed by atoms with Crippen molar-refractivity contribution in [1.29, 1.82) is 0 Å². The van der Waals surface area contributed by atoms with Gasteiger partial charge in [0.05, 0.1) is 11.5 Å². The Morgan fingerprint density at radius 1 is 1.38 bits per heavy atom. The lowest BCUT2D eigenvalue weighted by atomic mass is 10.4. The van der Waals surface area contributed by atoms with E-state index >= 15 is 0 Å². The minimum Gasteiger partial charge on any atom is -0.550 e. The maximum absolute atomic E-state index is 12.3. The maximum atomic E-state index is 12.3. The molecule has 2 aromatic rings. The summed E-state index contributed by atoms with van der Waals surface area (Å²) < 4.78 is 33.9. The van der Waals surface area contributed by atoms with Crippen LogP contribution in [-0.4, -0.2) is 31.4 Å². The summed E-state index contributed by atoms with van der Waals surface area (Å²) >= 11 is 0. The zero-order chi connectivity index (χ0) is 15.5. The van der Waals surface area contributed by atoms with Gasteiger partial charge in [0.2, 0.25) is 5.16 Å². The highest BCUT2D eigenvalue weighted by molar-refractivity contribution is 7.91. The Labute approximate surface area is 118 Å². The number of aliphatic carboxylic acids is 1. The lowest BCUT2D eigenvalue weighted by molar-refractivity contribution is -1.06. The molecular weight excluding hydrogens is 304 g/mol. The van der Waals surface area contributed by atoms with Gasteiger partial charge < -0.3 is 19.8 Å². The first-order chi connectivity index (χ1) is 9.93. The van der Waals surface area contributed by atoms with Crippen LogP contribution in [0.1, 0.15) is 6.42 Å². The first-order valence-corrected chi connectivity index (χ1v) is 7.15. The lowest BCUT2D eigenvalue weighted by Gasteiger charge is -2.02. The van der Waals surface area contributed by atoms with Gasteiger partial charge in [0.1, 0.15) is 0 Å². The molecule has 1 N–H and O–H groups in total. The summed E-state index contributed by atoms with van der Waals surface area (Å²) in [6, 6.07) is 7.24. The van der Waals surface area contributed by atoms with Crippen molar-refractivity contribution in [2.75, 3.05) is 6.61 Å². The van der Waals surface area contributed by atoms with Crippen molar-refractivity contribution in [1.82, 2.24) is 5.16 Å². The molecule has 10 heteroatoms. The van der Waals surface area contributed by atoms with Crippen molar-refractivity contribution < 1.29 is 37.8 Å². The molecule has 1 aromatic heterocycles. The van der Waals surface area contributed by atoms with Gasteiger partial charge in [-0.2, -0.15) is 0 Å². The largest absolute Gasteiger partial charge is 0.550 e. The highest BCUT2D eigenvalue weighted by Crippen LogP contribution is 2.24. The van der Waals surface area contributed by atoms with E-state index < -0.39 is 33.1 Å². The SMILES string of the molecule is O=C([O-])CCOc1no[n+](O)c1S(=O)(=O)c1ccccc1. The minimum atomic E-state index is -4.14. The number of benzene rings is 1. The van der Waals surface area contributed by atoms with Gasteiger partial charge >= 0.3 is 10.9 Å². The summed E-state index contributed by atoms with van der Waals surface area (Å²) in [7, 11) is -4.14. The third-order valence-corrected chi connectivity index (χ3v) is 4.14. The first kappa shape index (κ1) is 14.8. The van der Waals surface area contributed by atoms with Gasteiger partial charge in [-0.25, -0.2) is 8.42 Å². The molecule has 0 fully saturated rings. The van der Waals surface area contributed by atoms with Gasteiger partial charge in [-0.1, -0.05) is 18.2 Å². The molecule has 1 aromatic carbocycles. The second-order valence-corrected chi connectivity index (χ2v) is 5.71. The third kappa shape index (κ3) is 3.11. The van der Waals surface area contributed by atoms with Crippen molar-refractivity contribution in [3.63, 3.8) is 0 Å². The van der Waals surface area contributed by atoms with Crippen LogP contribution in [0.5, 0.6) is 5.88 Å². The molecule has 0 amide bonds. The number of sulfone groups is 1. The number of carbonyl (C=O) groups is 1. The molecular formula is C11H10N2O7S. The molecule has 0 unspecified atom stereocenters. The molecule has 0 saturated heterocycles. The van der Waals surface area contributed by atoms with Crippen LogP contribution in [0.3, 0.4) is 0 Å². The molecule has 0 aliphatic rings. The molecule has 1 heterocycles. The summed E-state index contributed by atoms with van der Waals surface area (Å²) in [6.45, 7) is -0.383. The summed E-state index contributed by atoms with van der Waals surface area (Å²) in [5, 5.41) is 22.2. The number of aromatic nitrogens is 2. The molecule has 0 atom stereocenters. The Bertz CT molecular complexity index is 739. The summed E-state index contributed by atoms with van der Waals surface area (Å²) in [5.74, 6) is -1.91. The standard InChI is InChI=1S/C11H10N2O7S/c14-9(15)6-7-19-10-11(13(16)20-12-10)21(17,18)8-4-2-1-3-5-8/h1-5H,6-7H2,(H-,12,14,15,16). The lowest BCUT2D eigenvalue weighted by Crippen LogP contribution is -2.34. The fourth-order valence-electron chi connectivity index (χ4n) is 1.48. The van der Waals surface area contributed by atoms with Crippen LogP contribution >= 0.6 is 0 Å². The number of carbonyl (C=O) groups excluding carboxylic acids is 1. The van der Waals surface area contributed by atoms with Crippen molar-refractivity contribution in [3.05, 3.63) is 30.3 Å². The van der Waals surface area contributed by atoms with Crippen LogP contribution in [0.2, 0.25) is 0 Å². The molecule has 0 saturated carbocycles. The van der Waals surface area contributed by atoms with Gasteiger partial charge in [0.25, 0.3) is 9.84 Å². The number of hydrogen-bond acceptors (Lipinski definition) is 8. The molecule has 0 aliphatic carbocycles. The van der Waals surface area contributed by atoms with E-state index in [0.29, 0.717) is 0 Å². The molecule has 0 spiro atoms. The monoisotopic (exact) mass is 314 g/mol. The Hall–Kier alpha value is -2.62. The first-order valence-electron chi connectivity index (χ1n) is 5.67. The molecule has 9 nitrogen and oxygen atoms in total. The normalized spacial score (nSPS) is 11.2. The summed E-state index contributed by atoms with van der Waals surface area (Å²) in [4.78, 5) is 10.1. The zero-order valence-corrected chi connectivity index (χ0v) is 11.3. The van der Waals surface area contributed by atoms with Crippen molar-refractivity contribution in [2.45, 2.75) is 16.3 Å². The van der Waals surface area contributed by atoms with E-state index in [4.69, 9.17) is 4.74 Å². The van der Waals surface area contributed by atoms with Gasteiger partial charge in [0.15, 0.2) is 4.90 Å². The minimum absolute atomic E-state index is 0.0588. The van der Waals surface area contributed by atoms with Crippen LogP contribution < -0.4 is 14.7 Å². The van der Waals surface area contributed by atoms with E-state index in [-0.39, 0.29) is 16.4 Å². The summed E-state index contributed by atoms with van der Waals surface area (Å²) in [5.41, 5.74) is 0. The Morgan fingerprint density at radius 2 is 2.05 bits per heavy atom. The molecule has 0 radical (unpaired) electrons. The second-order valence-electron chi connectivity index (χ2n) is 3.84. The van der Waals surface area contributed by atoms with Crippen LogP contribution in [0.4, 0.5) is 0 Å². The number of hydrogen-bond donors (Lipinski definition) is 1. The van der Waals surface area contributed by atoms with Crippen LogP contribution in [0, 0.1) is 0 Å². The van der Waals surface area contributed by atoms with Crippen LogP contribution in [-0.2, 0) is 14.6 Å². The van der Waals surface area contributed by atoms with E-state index in [1.807, 2.05) is 0 Å². The quantitative estimate of drug-likeness (QED) is 0.640. The topological polar surface area (TPSA) is 134 Å². The third-order valence-electron chi connectivity index (χ3n) is 2.41. The van der Waals surface area contributed by atoms with Crippen LogP contribution in [0.15, 0.2) is 44.9 Å². The molecule has 112 valence electrons. The Kier molecular flexibility index (Phi) is 4.08. The molecule has 0 bridgehead atoms. The predicted octanol–water partition coefficient (Wildman–Crippen LogP) is -1.45. The van der Waals surface area contributed by atoms with E-state index in [1.165, 1.54) is 24.3 Å². The smallest absolute Gasteiger partial charge is 0.445 e.